The number of aryl methyl sites for hydroxylation is 1. The zero-order valence-electron chi connectivity index (χ0n) is 9.99. The van der Waals surface area contributed by atoms with Crippen molar-refractivity contribution < 1.29 is 4.42 Å². The lowest BCUT2D eigenvalue weighted by atomic mass is 10.1. The fourth-order valence-electron chi connectivity index (χ4n) is 1.58. The maximum absolute atomic E-state index is 5.47. The first-order chi connectivity index (χ1) is 7.65. The van der Waals surface area contributed by atoms with Crippen LogP contribution in [-0.4, -0.2) is 17.0 Å². The van der Waals surface area contributed by atoms with Gasteiger partial charge in [0, 0.05) is 11.8 Å². The first kappa shape index (κ1) is 11.6. The van der Waals surface area contributed by atoms with Crippen molar-refractivity contribution in [3.63, 3.8) is 0 Å². The van der Waals surface area contributed by atoms with Gasteiger partial charge in [0.05, 0.1) is 6.54 Å². The van der Waals surface area contributed by atoms with Gasteiger partial charge in [-0.25, -0.2) is 0 Å². The summed E-state index contributed by atoms with van der Waals surface area (Å²) in [7, 11) is 0. The van der Waals surface area contributed by atoms with E-state index in [0.29, 0.717) is 18.5 Å². The Kier molecular flexibility index (Phi) is 3.59. The molecule has 88 valence electrons. The maximum atomic E-state index is 5.47. The van der Waals surface area contributed by atoms with Gasteiger partial charge in [0.1, 0.15) is 11.5 Å². The standard InChI is InChI=1S/C12H18N2OS/c1-8(2)11-7-16-12(14-11)13-6-10-5-4-9(3)15-10/h4-5,8,11H,6-7H2,1-3H3,(H,13,14). The average molecular weight is 238 g/mol. The van der Waals surface area contributed by atoms with E-state index in [1.165, 1.54) is 0 Å². The fraction of sp³-hybridized carbons (Fsp3) is 0.583. The molecule has 2 rings (SSSR count). The summed E-state index contributed by atoms with van der Waals surface area (Å²) >= 11 is 1.80. The second-order valence-corrected chi connectivity index (χ2v) is 5.45. The molecule has 3 nitrogen and oxygen atoms in total. The zero-order valence-corrected chi connectivity index (χ0v) is 10.8. The summed E-state index contributed by atoms with van der Waals surface area (Å²) < 4.78 is 5.47. The third-order valence-electron chi connectivity index (χ3n) is 2.69. The first-order valence-corrected chi connectivity index (χ1v) is 6.63. The molecule has 0 aromatic carbocycles. The third kappa shape index (κ3) is 2.82. The highest BCUT2D eigenvalue weighted by molar-refractivity contribution is 8.14. The van der Waals surface area contributed by atoms with Gasteiger partial charge in [0.15, 0.2) is 5.17 Å². The highest BCUT2D eigenvalue weighted by Crippen LogP contribution is 2.19. The van der Waals surface area contributed by atoms with Crippen LogP contribution in [0.3, 0.4) is 0 Å². The van der Waals surface area contributed by atoms with Crippen LogP contribution in [0, 0.1) is 12.8 Å². The quantitative estimate of drug-likeness (QED) is 0.880. The summed E-state index contributed by atoms with van der Waals surface area (Å²) in [6.45, 7) is 7.05. The molecule has 1 unspecified atom stereocenters. The van der Waals surface area contributed by atoms with Gasteiger partial charge in [0.2, 0.25) is 0 Å². The second kappa shape index (κ2) is 4.95. The van der Waals surface area contributed by atoms with Gasteiger partial charge in [0.25, 0.3) is 0 Å². The third-order valence-corrected chi connectivity index (χ3v) is 3.73. The van der Waals surface area contributed by atoms with E-state index in [4.69, 9.17) is 4.42 Å². The topological polar surface area (TPSA) is 37.5 Å². The van der Waals surface area contributed by atoms with Crippen LogP contribution in [0.15, 0.2) is 21.5 Å². The van der Waals surface area contributed by atoms with Crippen LogP contribution >= 0.6 is 11.8 Å². The van der Waals surface area contributed by atoms with E-state index in [-0.39, 0.29) is 0 Å². The van der Waals surface area contributed by atoms with E-state index >= 15 is 0 Å². The molecule has 1 aliphatic heterocycles. The zero-order chi connectivity index (χ0) is 11.5. The van der Waals surface area contributed by atoms with Crippen LogP contribution in [0.25, 0.3) is 0 Å². The predicted molar refractivity (Wildman–Crippen MR) is 68.8 cm³/mol. The molecule has 1 saturated heterocycles. The largest absolute Gasteiger partial charge is 0.464 e. The highest BCUT2D eigenvalue weighted by atomic mass is 32.2. The monoisotopic (exact) mass is 238 g/mol. The minimum Gasteiger partial charge on any atom is -0.464 e. The van der Waals surface area contributed by atoms with E-state index in [1.807, 2.05) is 19.1 Å². The molecule has 0 amide bonds. The summed E-state index contributed by atoms with van der Waals surface area (Å²) in [5.41, 5.74) is 0. The molecule has 0 saturated carbocycles. The van der Waals surface area contributed by atoms with Crippen molar-refractivity contribution in [1.29, 1.82) is 0 Å². The van der Waals surface area contributed by atoms with Gasteiger partial charge in [-0.05, 0) is 25.0 Å². The SMILES string of the molecule is Cc1ccc(CN=C2NC(C(C)C)CS2)o1. The molecule has 1 N–H and O–H groups in total. The molecule has 0 aliphatic carbocycles. The van der Waals surface area contributed by atoms with Crippen LogP contribution in [0.1, 0.15) is 25.4 Å². The van der Waals surface area contributed by atoms with Crippen LogP contribution in [0.2, 0.25) is 0 Å². The Morgan fingerprint density at radius 1 is 1.56 bits per heavy atom. The van der Waals surface area contributed by atoms with E-state index in [1.54, 1.807) is 11.8 Å². The van der Waals surface area contributed by atoms with Gasteiger partial charge >= 0.3 is 0 Å². The van der Waals surface area contributed by atoms with E-state index in [0.717, 1.165) is 22.4 Å². The van der Waals surface area contributed by atoms with Crippen LogP contribution in [-0.2, 0) is 6.54 Å². The van der Waals surface area contributed by atoms with Crippen molar-refractivity contribution in [2.75, 3.05) is 5.75 Å². The van der Waals surface area contributed by atoms with Crippen molar-refractivity contribution in [2.45, 2.75) is 33.4 Å². The maximum Gasteiger partial charge on any atom is 0.157 e. The molecule has 2 heterocycles. The Balaban J connectivity index is 1.90. The smallest absolute Gasteiger partial charge is 0.157 e. The molecule has 1 aromatic heterocycles. The molecule has 1 aromatic rings. The molecule has 1 aliphatic rings. The molecule has 0 radical (unpaired) electrons. The average Bonchev–Trinajstić information content (AvgIpc) is 2.83. The summed E-state index contributed by atoms with van der Waals surface area (Å²) in [6, 6.07) is 4.52. The van der Waals surface area contributed by atoms with Gasteiger partial charge < -0.3 is 9.73 Å². The summed E-state index contributed by atoms with van der Waals surface area (Å²) in [4.78, 5) is 4.51. The molecule has 0 bridgehead atoms. The molecular weight excluding hydrogens is 220 g/mol. The number of nitrogens with one attached hydrogen (secondary N) is 1. The number of hydrogen-bond acceptors (Lipinski definition) is 3. The Bertz CT molecular complexity index is 384. The number of nitrogens with zero attached hydrogens (tertiary/aromatic N) is 1. The Labute approximate surface area is 101 Å². The lowest BCUT2D eigenvalue weighted by Crippen LogP contribution is -2.31. The second-order valence-electron chi connectivity index (χ2n) is 4.44. The molecule has 1 fully saturated rings. The number of rotatable bonds is 3. The summed E-state index contributed by atoms with van der Waals surface area (Å²) in [6.07, 6.45) is 0. The Morgan fingerprint density at radius 2 is 2.38 bits per heavy atom. The van der Waals surface area contributed by atoms with Crippen LogP contribution < -0.4 is 5.32 Å². The molecule has 0 spiro atoms. The van der Waals surface area contributed by atoms with Crippen molar-refractivity contribution in [3.8, 4) is 0 Å². The number of hydrogen-bond donors (Lipinski definition) is 1. The van der Waals surface area contributed by atoms with Crippen molar-refractivity contribution in [2.24, 2.45) is 10.9 Å². The van der Waals surface area contributed by atoms with E-state index < -0.39 is 0 Å². The van der Waals surface area contributed by atoms with Gasteiger partial charge in [-0.15, -0.1) is 0 Å². The summed E-state index contributed by atoms with van der Waals surface area (Å²) in [5, 5.41) is 4.49. The summed E-state index contributed by atoms with van der Waals surface area (Å²) in [5.74, 6) is 3.65. The number of amidine groups is 1. The number of aliphatic imine (C=N–C) groups is 1. The highest BCUT2D eigenvalue weighted by Gasteiger charge is 2.22. The van der Waals surface area contributed by atoms with Crippen LogP contribution in [0.4, 0.5) is 0 Å². The lowest BCUT2D eigenvalue weighted by Gasteiger charge is -2.12. The van der Waals surface area contributed by atoms with Gasteiger partial charge in [-0.2, -0.15) is 0 Å². The minimum atomic E-state index is 0.557. The molecular formula is C12H18N2OS. The predicted octanol–water partition coefficient (Wildman–Crippen LogP) is 2.81. The van der Waals surface area contributed by atoms with Crippen LogP contribution in [0.5, 0.6) is 0 Å². The van der Waals surface area contributed by atoms with Crippen molar-refractivity contribution in [3.05, 3.63) is 23.7 Å². The van der Waals surface area contributed by atoms with Gasteiger partial charge in [-0.3, -0.25) is 4.99 Å². The lowest BCUT2D eigenvalue weighted by molar-refractivity contribution is 0.484. The molecule has 4 heteroatoms. The number of thioether (sulfide) groups is 1. The van der Waals surface area contributed by atoms with Crippen molar-refractivity contribution in [1.82, 2.24) is 5.32 Å². The minimum absolute atomic E-state index is 0.557. The first-order valence-electron chi connectivity index (χ1n) is 5.64. The molecule has 1 atom stereocenters. The fourth-order valence-corrected chi connectivity index (χ4v) is 2.78. The normalized spacial score (nSPS) is 23.0. The Hall–Kier alpha value is -0.900. The molecule has 16 heavy (non-hydrogen) atoms. The van der Waals surface area contributed by atoms with Gasteiger partial charge in [-0.1, -0.05) is 25.6 Å². The van der Waals surface area contributed by atoms with Crippen molar-refractivity contribution >= 4 is 16.9 Å². The van der Waals surface area contributed by atoms with E-state index in [2.05, 4.69) is 24.2 Å². The Morgan fingerprint density at radius 3 is 2.94 bits per heavy atom. The number of furan rings is 1. The van der Waals surface area contributed by atoms with E-state index in [9.17, 15) is 0 Å².